The Labute approximate surface area is 160 Å². The summed E-state index contributed by atoms with van der Waals surface area (Å²) in [4.78, 5) is 12.4. The summed E-state index contributed by atoms with van der Waals surface area (Å²) in [6, 6.07) is 13.0. The third kappa shape index (κ3) is 3.54. The van der Waals surface area contributed by atoms with Crippen molar-refractivity contribution in [2.24, 2.45) is 7.05 Å². The van der Waals surface area contributed by atoms with Gasteiger partial charge in [0.25, 0.3) is 5.91 Å². The van der Waals surface area contributed by atoms with E-state index in [4.69, 9.17) is 11.6 Å². The normalized spacial score (nSPS) is 11.0. The largest absolute Gasteiger partial charge is 0.352 e. The van der Waals surface area contributed by atoms with Crippen LogP contribution in [0.25, 0.3) is 16.6 Å². The summed E-state index contributed by atoms with van der Waals surface area (Å²) in [5, 5.41) is 15.8. The summed E-state index contributed by atoms with van der Waals surface area (Å²) in [5.74, 6) is -0.114. The van der Waals surface area contributed by atoms with E-state index >= 15 is 0 Å². The smallest absolute Gasteiger partial charge is 0.251 e. The van der Waals surface area contributed by atoms with Gasteiger partial charge < -0.3 is 9.88 Å². The zero-order valence-electron chi connectivity index (χ0n) is 14.6. The van der Waals surface area contributed by atoms with Crippen molar-refractivity contribution in [3.05, 3.63) is 71.1 Å². The summed E-state index contributed by atoms with van der Waals surface area (Å²) in [7, 11) is 2.00. The molecule has 4 aromatic rings. The number of hydrogen-bond acceptors (Lipinski definition) is 4. The highest BCUT2D eigenvalue weighted by atomic mass is 35.5. The van der Waals surface area contributed by atoms with Gasteiger partial charge in [-0.05, 0) is 64.9 Å². The van der Waals surface area contributed by atoms with Crippen molar-refractivity contribution in [1.29, 1.82) is 0 Å². The maximum absolute atomic E-state index is 12.4. The molecule has 1 amide bonds. The topological polar surface area (TPSA) is 77.6 Å². The fourth-order valence-corrected chi connectivity index (χ4v) is 3.28. The molecule has 4 rings (SSSR count). The molecule has 0 spiro atoms. The molecule has 0 aliphatic heterocycles. The number of aromatic nitrogens is 5. The molecule has 8 heteroatoms. The molecule has 0 aliphatic rings. The highest BCUT2D eigenvalue weighted by Crippen LogP contribution is 2.24. The molecule has 0 fully saturated rings. The van der Waals surface area contributed by atoms with Crippen LogP contribution in [0.15, 0.2) is 55.0 Å². The minimum absolute atomic E-state index is 0.114. The zero-order chi connectivity index (χ0) is 18.8. The molecule has 27 heavy (non-hydrogen) atoms. The van der Waals surface area contributed by atoms with Crippen molar-refractivity contribution in [2.75, 3.05) is 6.54 Å². The van der Waals surface area contributed by atoms with Crippen molar-refractivity contribution >= 4 is 28.4 Å². The number of nitrogens with zero attached hydrogens (tertiary/aromatic N) is 5. The highest BCUT2D eigenvalue weighted by Gasteiger charge is 2.09. The molecule has 0 unspecified atom stereocenters. The van der Waals surface area contributed by atoms with Gasteiger partial charge in [0, 0.05) is 41.3 Å². The molecule has 0 radical (unpaired) electrons. The van der Waals surface area contributed by atoms with Crippen LogP contribution in [-0.2, 0) is 13.5 Å². The molecular weight excluding hydrogens is 364 g/mol. The second-order valence-electron chi connectivity index (χ2n) is 6.23. The van der Waals surface area contributed by atoms with Crippen molar-refractivity contribution in [2.45, 2.75) is 6.42 Å². The van der Waals surface area contributed by atoms with Crippen LogP contribution in [0.4, 0.5) is 0 Å². The maximum atomic E-state index is 12.4. The fourth-order valence-electron chi connectivity index (χ4n) is 3.10. The second-order valence-corrected chi connectivity index (χ2v) is 6.67. The zero-order valence-corrected chi connectivity index (χ0v) is 15.4. The molecular formula is C19H17ClN6O. The van der Waals surface area contributed by atoms with Gasteiger partial charge in [0.1, 0.15) is 6.33 Å². The van der Waals surface area contributed by atoms with E-state index in [0.717, 1.165) is 28.6 Å². The van der Waals surface area contributed by atoms with E-state index < -0.39 is 0 Å². The molecule has 1 N–H and O–H groups in total. The molecule has 136 valence electrons. The van der Waals surface area contributed by atoms with Gasteiger partial charge in [0.2, 0.25) is 0 Å². The molecule has 7 nitrogen and oxygen atoms in total. The van der Waals surface area contributed by atoms with Gasteiger partial charge in [-0.2, -0.15) is 0 Å². The summed E-state index contributed by atoms with van der Waals surface area (Å²) < 4.78 is 3.61. The van der Waals surface area contributed by atoms with E-state index in [0.29, 0.717) is 17.1 Å². The number of amides is 1. The molecule has 0 aliphatic carbocycles. The summed E-state index contributed by atoms with van der Waals surface area (Å²) in [6.07, 6.45) is 4.31. The van der Waals surface area contributed by atoms with Gasteiger partial charge in [0.05, 0.1) is 5.69 Å². The van der Waals surface area contributed by atoms with Crippen LogP contribution in [0.2, 0.25) is 5.02 Å². The molecule has 2 aromatic carbocycles. The first-order valence-corrected chi connectivity index (χ1v) is 8.85. The van der Waals surface area contributed by atoms with Crippen LogP contribution >= 0.6 is 11.6 Å². The Morgan fingerprint density at radius 2 is 2.00 bits per heavy atom. The number of benzene rings is 2. The van der Waals surface area contributed by atoms with Gasteiger partial charge in [-0.15, -0.1) is 5.10 Å². The van der Waals surface area contributed by atoms with Crippen LogP contribution in [0, 0.1) is 0 Å². The quantitative estimate of drug-likeness (QED) is 0.577. The molecule has 2 aromatic heterocycles. The summed E-state index contributed by atoms with van der Waals surface area (Å²) >= 11 is 6.12. The number of hydrogen-bond donors (Lipinski definition) is 1. The van der Waals surface area contributed by atoms with E-state index in [1.54, 1.807) is 24.3 Å². The third-order valence-corrected chi connectivity index (χ3v) is 4.69. The summed E-state index contributed by atoms with van der Waals surface area (Å²) in [6.45, 7) is 0.541. The Bertz CT molecular complexity index is 1090. The van der Waals surface area contributed by atoms with Crippen LogP contribution in [0.3, 0.4) is 0 Å². The lowest BCUT2D eigenvalue weighted by molar-refractivity contribution is 0.0954. The molecule has 0 bridgehead atoms. The van der Waals surface area contributed by atoms with Crippen molar-refractivity contribution < 1.29 is 4.79 Å². The standard InChI is InChI=1S/C19H17ClN6O/c1-25-11-14(17-10-15(20)4-7-18(17)25)8-9-21-19(27)13-2-5-16(6-3-13)26-12-22-23-24-26/h2-7,10-12H,8-9H2,1H3,(H,21,27). The van der Waals surface area contributed by atoms with E-state index in [2.05, 4.69) is 31.6 Å². The maximum Gasteiger partial charge on any atom is 0.251 e. The lowest BCUT2D eigenvalue weighted by atomic mass is 10.1. The second kappa shape index (κ2) is 7.20. The lowest BCUT2D eigenvalue weighted by Crippen LogP contribution is -2.25. The predicted molar refractivity (Wildman–Crippen MR) is 103 cm³/mol. The number of rotatable bonds is 5. The van der Waals surface area contributed by atoms with Gasteiger partial charge >= 0.3 is 0 Å². The van der Waals surface area contributed by atoms with E-state index in [9.17, 15) is 4.79 Å². The number of fused-ring (bicyclic) bond motifs is 1. The minimum Gasteiger partial charge on any atom is -0.352 e. The van der Waals surface area contributed by atoms with Crippen LogP contribution in [0.1, 0.15) is 15.9 Å². The first-order valence-electron chi connectivity index (χ1n) is 8.47. The van der Waals surface area contributed by atoms with Crippen molar-refractivity contribution in [3.63, 3.8) is 0 Å². The number of aryl methyl sites for hydroxylation is 1. The van der Waals surface area contributed by atoms with Gasteiger partial charge in [0.15, 0.2) is 0 Å². The molecule has 2 heterocycles. The van der Waals surface area contributed by atoms with Gasteiger partial charge in [-0.3, -0.25) is 4.79 Å². The van der Waals surface area contributed by atoms with E-state index in [1.165, 1.54) is 11.0 Å². The Kier molecular flexibility index (Phi) is 4.60. The Balaban J connectivity index is 1.41. The Hall–Kier alpha value is -3.19. The highest BCUT2D eigenvalue weighted by molar-refractivity contribution is 6.31. The first kappa shape index (κ1) is 17.2. The van der Waals surface area contributed by atoms with Crippen molar-refractivity contribution in [3.8, 4) is 5.69 Å². The Morgan fingerprint density at radius 3 is 2.74 bits per heavy atom. The lowest BCUT2D eigenvalue weighted by Gasteiger charge is -2.06. The molecule has 0 saturated carbocycles. The predicted octanol–water partition coefficient (Wildman–Crippen LogP) is 2.78. The van der Waals surface area contributed by atoms with Gasteiger partial charge in [-0.1, -0.05) is 11.6 Å². The number of tetrazole rings is 1. The minimum atomic E-state index is -0.114. The number of nitrogens with one attached hydrogen (secondary N) is 1. The van der Waals surface area contributed by atoms with Gasteiger partial charge in [-0.25, -0.2) is 4.68 Å². The van der Waals surface area contributed by atoms with Crippen molar-refractivity contribution in [1.82, 2.24) is 30.1 Å². The molecule has 0 atom stereocenters. The average molecular weight is 381 g/mol. The number of halogens is 1. The van der Waals surface area contributed by atoms with E-state index in [-0.39, 0.29) is 5.91 Å². The van der Waals surface area contributed by atoms with Crippen LogP contribution in [0.5, 0.6) is 0 Å². The SMILES string of the molecule is Cn1cc(CCNC(=O)c2ccc(-n3cnnn3)cc2)c2cc(Cl)ccc21. The van der Waals surface area contributed by atoms with Crippen LogP contribution in [-0.4, -0.2) is 37.2 Å². The first-order chi connectivity index (χ1) is 13.1. The monoisotopic (exact) mass is 380 g/mol. The fraction of sp³-hybridized carbons (Fsp3) is 0.158. The third-order valence-electron chi connectivity index (χ3n) is 4.46. The summed E-state index contributed by atoms with van der Waals surface area (Å²) in [5.41, 5.74) is 3.67. The molecule has 0 saturated heterocycles. The van der Waals surface area contributed by atoms with Crippen LogP contribution < -0.4 is 5.32 Å². The Morgan fingerprint density at radius 1 is 1.19 bits per heavy atom. The van der Waals surface area contributed by atoms with E-state index in [1.807, 2.05) is 25.2 Å². The number of carbonyl (C=O) groups excluding carboxylic acids is 1. The average Bonchev–Trinajstić information content (AvgIpc) is 3.31. The number of carbonyl (C=O) groups is 1.